The lowest BCUT2D eigenvalue weighted by molar-refractivity contribution is 0.628. The summed E-state index contributed by atoms with van der Waals surface area (Å²) < 4.78 is 27.1. The van der Waals surface area contributed by atoms with Gasteiger partial charge in [0, 0.05) is 57.1 Å². The van der Waals surface area contributed by atoms with Crippen LogP contribution in [-0.4, -0.2) is 30.2 Å². The first-order valence-electron chi connectivity index (χ1n) is 10.0. The topological polar surface area (TPSA) is 60.7 Å². The number of hydrogen-bond acceptors (Lipinski definition) is 4. The Labute approximate surface area is 187 Å². The second-order valence-electron chi connectivity index (χ2n) is 7.43. The van der Waals surface area contributed by atoms with Crippen LogP contribution in [0.4, 0.5) is 4.39 Å². The third-order valence-corrected chi connectivity index (χ3v) is 6.31. The van der Waals surface area contributed by atoms with Crippen molar-refractivity contribution in [3.8, 4) is 22.3 Å². The fourth-order valence-electron chi connectivity index (χ4n) is 3.78. The third kappa shape index (κ3) is 3.83. The highest BCUT2D eigenvalue weighted by Gasteiger charge is 2.16. The van der Waals surface area contributed by atoms with E-state index in [0.29, 0.717) is 6.54 Å². The van der Waals surface area contributed by atoms with Gasteiger partial charge in [0.25, 0.3) is 0 Å². The molecule has 3 heterocycles. The summed E-state index contributed by atoms with van der Waals surface area (Å²) in [5.74, 6) is -0.281. The Kier molecular flexibility index (Phi) is 5.33. The van der Waals surface area contributed by atoms with Gasteiger partial charge in [0.1, 0.15) is 5.82 Å². The molecule has 0 fully saturated rings. The number of aromatic nitrogens is 4. The van der Waals surface area contributed by atoms with Gasteiger partial charge in [-0.05, 0) is 53.1 Å². The van der Waals surface area contributed by atoms with Crippen LogP contribution in [0.15, 0.2) is 90.3 Å². The molecular formula is C25H19FN4OS. The van der Waals surface area contributed by atoms with E-state index in [1.165, 1.54) is 12.1 Å². The van der Waals surface area contributed by atoms with Gasteiger partial charge in [0.2, 0.25) is 0 Å². The van der Waals surface area contributed by atoms with Crippen LogP contribution in [0, 0.1) is 5.82 Å². The van der Waals surface area contributed by atoms with Crippen LogP contribution in [-0.2, 0) is 17.3 Å². The Balaban J connectivity index is 1.64. The largest absolute Gasteiger partial charge is 0.265 e. The monoisotopic (exact) mass is 442 g/mol. The molecule has 0 aliphatic heterocycles. The van der Waals surface area contributed by atoms with Crippen molar-refractivity contribution in [3.05, 3.63) is 96.8 Å². The fraction of sp³-hybridized carbons (Fsp3) is 0.0800. The van der Waals surface area contributed by atoms with Gasteiger partial charge >= 0.3 is 0 Å². The standard InChI is InChI=1S/C25H19FN4OS/c1-32(31)21-8-2-17(3-9-21)16-30-25-23(15-29-30)24(19-4-6-20(26)7-5-19)22(14-28-25)18-10-12-27-13-11-18/h2-15H,16H2,1H3. The summed E-state index contributed by atoms with van der Waals surface area (Å²) in [6, 6.07) is 18.0. The van der Waals surface area contributed by atoms with Crippen LogP contribution in [0.3, 0.4) is 0 Å². The molecule has 0 spiro atoms. The summed E-state index contributed by atoms with van der Waals surface area (Å²) in [5, 5.41) is 5.48. The molecule has 7 heteroatoms. The van der Waals surface area contributed by atoms with Gasteiger partial charge in [-0.15, -0.1) is 0 Å². The Morgan fingerprint density at radius 2 is 1.62 bits per heavy atom. The lowest BCUT2D eigenvalue weighted by atomic mass is 9.94. The molecule has 32 heavy (non-hydrogen) atoms. The lowest BCUT2D eigenvalue weighted by Crippen LogP contribution is -2.03. The highest BCUT2D eigenvalue weighted by molar-refractivity contribution is 7.84. The van der Waals surface area contributed by atoms with E-state index in [1.807, 2.05) is 47.3 Å². The number of pyridine rings is 2. The molecule has 2 aromatic carbocycles. The van der Waals surface area contributed by atoms with Crippen molar-refractivity contribution in [1.82, 2.24) is 19.7 Å². The van der Waals surface area contributed by atoms with Gasteiger partial charge in [0.05, 0.1) is 12.7 Å². The molecule has 0 saturated heterocycles. The van der Waals surface area contributed by atoms with Crippen molar-refractivity contribution in [2.75, 3.05) is 6.26 Å². The molecule has 0 amide bonds. The zero-order valence-corrected chi connectivity index (χ0v) is 18.1. The molecule has 5 nitrogen and oxygen atoms in total. The third-order valence-electron chi connectivity index (χ3n) is 5.38. The van der Waals surface area contributed by atoms with Crippen LogP contribution in [0.25, 0.3) is 33.3 Å². The second kappa shape index (κ2) is 8.43. The summed E-state index contributed by atoms with van der Waals surface area (Å²) >= 11 is 0. The van der Waals surface area contributed by atoms with Crippen LogP contribution in [0.5, 0.6) is 0 Å². The van der Waals surface area contributed by atoms with Crippen LogP contribution in [0.2, 0.25) is 0 Å². The minimum absolute atomic E-state index is 0.281. The molecule has 0 N–H and O–H groups in total. The van der Waals surface area contributed by atoms with Crippen LogP contribution in [0.1, 0.15) is 5.56 Å². The van der Waals surface area contributed by atoms with E-state index in [9.17, 15) is 8.60 Å². The van der Waals surface area contributed by atoms with Gasteiger partial charge in [-0.2, -0.15) is 5.10 Å². The Hall–Kier alpha value is -3.71. The molecule has 5 rings (SSSR count). The maximum absolute atomic E-state index is 13.6. The molecule has 158 valence electrons. The average molecular weight is 443 g/mol. The Morgan fingerprint density at radius 3 is 2.31 bits per heavy atom. The molecular weight excluding hydrogens is 423 g/mol. The van der Waals surface area contributed by atoms with E-state index in [-0.39, 0.29) is 5.82 Å². The zero-order valence-electron chi connectivity index (χ0n) is 17.3. The van der Waals surface area contributed by atoms with Gasteiger partial charge in [-0.25, -0.2) is 14.1 Å². The maximum atomic E-state index is 13.6. The van der Waals surface area contributed by atoms with E-state index in [1.54, 1.807) is 37.0 Å². The van der Waals surface area contributed by atoms with E-state index in [2.05, 4.69) is 10.1 Å². The molecule has 3 aromatic heterocycles. The van der Waals surface area contributed by atoms with Gasteiger partial charge in [-0.1, -0.05) is 24.3 Å². The van der Waals surface area contributed by atoms with Crippen molar-refractivity contribution >= 4 is 21.8 Å². The number of benzene rings is 2. The number of nitrogens with zero attached hydrogens (tertiary/aromatic N) is 4. The summed E-state index contributed by atoms with van der Waals surface area (Å²) in [5.41, 5.74) is 5.52. The average Bonchev–Trinajstić information content (AvgIpc) is 3.23. The van der Waals surface area contributed by atoms with Crippen molar-refractivity contribution in [2.24, 2.45) is 0 Å². The van der Waals surface area contributed by atoms with Gasteiger partial charge < -0.3 is 0 Å². The quantitative estimate of drug-likeness (QED) is 0.381. The minimum atomic E-state index is -1.01. The molecule has 5 aromatic rings. The van der Waals surface area contributed by atoms with E-state index < -0.39 is 10.8 Å². The van der Waals surface area contributed by atoms with Gasteiger partial charge in [0.15, 0.2) is 5.65 Å². The SMILES string of the molecule is CS(=O)c1ccc(Cn2ncc3c(-c4ccc(F)cc4)c(-c4ccncc4)cnc32)cc1. The summed E-state index contributed by atoms with van der Waals surface area (Å²) in [6.07, 6.45) is 8.78. The molecule has 0 bridgehead atoms. The molecule has 0 saturated carbocycles. The first-order chi connectivity index (χ1) is 15.6. The molecule has 0 aliphatic rings. The van der Waals surface area contributed by atoms with Crippen molar-refractivity contribution < 1.29 is 8.60 Å². The summed E-state index contributed by atoms with van der Waals surface area (Å²) in [7, 11) is -1.01. The Morgan fingerprint density at radius 1 is 0.906 bits per heavy atom. The molecule has 0 aliphatic carbocycles. The Bertz CT molecular complexity index is 1410. The van der Waals surface area contributed by atoms with E-state index in [0.717, 1.165) is 43.7 Å². The summed E-state index contributed by atoms with van der Waals surface area (Å²) in [4.78, 5) is 9.62. The minimum Gasteiger partial charge on any atom is -0.265 e. The zero-order chi connectivity index (χ0) is 22.1. The van der Waals surface area contributed by atoms with E-state index >= 15 is 0 Å². The number of fused-ring (bicyclic) bond motifs is 1. The van der Waals surface area contributed by atoms with Crippen LogP contribution < -0.4 is 0 Å². The first kappa shape index (κ1) is 20.2. The fourth-order valence-corrected chi connectivity index (χ4v) is 4.30. The highest BCUT2D eigenvalue weighted by Crippen LogP contribution is 2.37. The number of hydrogen-bond donors (Lipinski definition) is 0. The molecule has 0 radical (unpaired) electrons. The second-order valence-corrected chi connectivity index (χ2v) is 8.81. The van der Waals surface area contributed by atoms with E-state index in [4.69, 9.17) is 4.98 Å². The van der Waals surface area contributed by atoms with Crippen LogP contribution >= 0.6 is 0 Å². The predicted molar refractivity (Wildman–Crippen MR) is 124 cm³/mol. The molecule has 1 atom stereocenters. The van der Waals surface area contributed by atoms with Crippen molar-refractivity contribution in [3.63, 3.8) is 0 Å². The lowest BCUT2D eigenvalue weighted by Gasteiger charge is -2.12. The maximum Gasteiger partial charge on any atom is 0.158 e. The van der Waals surface area contributed by atoms with Crippen molar-refractivity contribution in [1.29, 1.82) is 0 Å². The smallest absolute Gasteiger partial charge is 0.158 e. The number of halogens is 1. The van der Waals surface area contributed by atoms with Gasteiger partial charge in [-0.3, -0.25) is 9.19 Å². The normalized spacial score (nSPS) is 12.2. The molecule has 1 unspecified atom stereocenters. The van der Waals surface area contributed by atoms with Crippen molar-refractivity contribution in [2.45, 2.75) is 11.4 Å². The predicted octanol–water partition coefficient (Wildman–Crippen LogP) is 5.09. The first-order valence-corrected chi connectivity index (χ1v) is 11.6. The highest BCUT2D eigenvalue weighted by atomic mass is 32.2. The number of rotatable bonds is 5. The summed E-state index contributed by atoms with van der Waals surface area (Å²) in [6.45, 7) is 0.532.